The third-order valence-corrected chi connectivity index (χ3v) is 5.67. The number of benzene rings is 1. The Kier molecular flexibility index (Phi) is 5.94. The van der Waals surface area contributed by atoms with Crippen molar-refractivity contribution >= 4 is 29.1 Å². The van der Waals surface area contributed by atoms with E-state index in [1.807, 2.05) is 32.9 Å². The van der Waals surface area contributed by atoms with Crippen LogP contribution in [0.5, 0.6) is 0 Å². The van der Waals surface area contributed by atoms with Gasteiger partial charge in [-0.15, -0.1) is 11.8 Å². The number of hydrogen-bond acceptors (Lipinski definition) is 4. The highest BCUT2D eigenvalue weighted by Gasteiger charge is 2.36. The van der Waals surface area contributed by atoms with Crippen LogP contribution in [0.1, 0.15) is 36.7 Å². The number of aryl methyl sites for hydroxylation is 1. The predicted octanol–water partition coefficient (Wildman–Crippen LogP) is 4.05. The highest BCUT2D eigenvalue weighted by molar-refractivity contribution is 7.99. The number of rotatable bonds is 5. The average Bonchev–Trinajstić information content (AvgIpc) is 2.50. The van der Waals surface area contributed by atoms with Crippen LogP contribution in [0.2, 0.25) is 5.02 Å². The van der Waals surface area contributed by atoms with Crippen LogP contribution in [0, 0.1) is 6.92 Å². The topological polar surface area (TPSA) is 29.5 Å². The number of ether oxygens (including phenoxy) is 1. The van der Waals surface area contributed by atoms with E-state index in [1.54, 1.807) is 11.8 Å². The molecule has 2 rings (SSSR count). The quantitative estimate of drug-likeness (QED) is 0.597. The molecule has 1 saturated heterocycles. The first-order valence-corrected chi connectivity index (χ1v) is 9.04. The molecule has 1 aromatic carbocycles. The maximum atomic E-state index is 13.0. The summed E-state index contributed by atoms with van der Waals surface area (Å²) in [5, 5.41) is 0.674. The zero-order valence-electron chi connectivity index (χ0n) is 13.7. The van der Waals surface area contributed by atoms with Crippen molar-refractivity contribution in [2.24, 2.45) is 0 Å². The Morgan fingerprint density at radius 1 is 1.36 bits per heavy atom. The maximum absolute atomic E-state index is 13.0. The van der Waals surface area contributed by atoms with Gasteiger partial charge in [-0.25, -0.2) is 0 Å². The number of ketones is 1. The second-order valence-corrected chi connectivity index (χ2v) is 7.71. The monoisotopic (exact) mass is 341 g/mol. The molecule has 0 amide bonds. The molecule has 0 saturated carbocycles. The van der Waals surface area contributed by atoms with E-state index in [0.29, 0.717) is 23.8 Å². The van der Waals surface area contributed by atoms with E-state index >= 15 is 0 Å². The Morgan fingerprint density at radius 2 is 2.00 bits per heavy atom. The first kappa shape index (κ1) is 17.8. The van der Waals surface area contributed by atoms with E-state index in [1.165, 1.54) is 0 Å². The van der Waals surface area contributed by atoms with E-state index in [4.69, 9.17) is 16.3 Å². The maximum Gasteiger partial charge on any atom is 0.182 e. The van der Waals surface area contributed by atoms with Gasteiger partial charge in [-0.05, 0) is 44.2 Å². The van der Waals surface area contributed by atoms with Crippen LogP contribution in [-0.2, 0) is 4.74 Å². The van der Waals surface area contributed by atoms with Crippen molar-refractivity contribution in [2.45, 2.75) is 38.1 Å². The largest absolute Gasteiger partial charge is 0.379 e. The standard InChI is InChI=1S/C17H24ClNO2S/c1-5-22-15-12(2)10-13(11-14(15)18)16(20)17(3,4)19-6-8-21-9-7-19/h10-11H,5-9H2,1-4H3. The van der Waals surface area contributed by atoms with Crippen molar-refractivity contribution in [2.75, 3.05) is 32.1 Å². The van der Waals surface area contributed by atoms with Crippen molar-refractivity contribution in [1.82, 2.24) is 4.90 Å². The summed E-state index contributed by atoms with van der Waals surface area (Å²) in [6.45, 7) is 11.0. The number of carbonyl (C=O) groups excluding carboxylic acids is 1. The van der Waals surface area contributed by atoms with Crippen LogP contribution in [0.3, 0.4) is 0 Å². The fourth-order valence-corrected chi connectivity index (χ4v) is 4.01. The molecule has 0 atom stereocenters. The number of hydrogen-bond donors (Lipinski definition) is 0. The average molecular weight is 342 g/mol. The number of nitrogens with zero attached hydrogens (tertiary/aromatic N) is 1. The summed E-state index contributed by atoms with van der Waals surface area (Å²) >= 11 is 8.10. The Hall–Kier alpha value is -0.550. The summed E-state index contributed by atoms with van der Waals surface area (Å²) in [6, 6.07) is 3.78. The zero-order chi connectivity index (χ0) is 16.3. The Morgan fingerprint density at radius 3 is 2.55 bits per heavy atom. The molecule has 1 aromatic rings. The summed E-state index contributed by atoms with van der Waals surface area (Å²) < 4.78 is 5.38. The van der Waals surface area contributed by atoms with E-state index in [2.05, 4.69) is 11.8 Å². The van der Waals surface area contributed by atoms with Crippen molar-refractivity contribution in [3.05, 3.63) is 28.3 Å². The third kappa shape index (κ3) is 3.67. The lowest BCUT2D eigenvalue weighted by atomic mass is 9.90. The lowest BCUT2D eigenvalue weighted by molar-refractivity contribution is -0.00430. The van der Waals surface area contributed by atoms with Gasteiger partial charge in [0.15, 0.2) is 5.78 Å². The summed E-state index contributed by atoms with van der Waals surface area (Å²) in [5.41, 5.74) is 1.22. The highest BCUT2D eigenvalue weighted by Crippen LogP contribution is 2.33. The molecular formula is C17H24ClNO2S. The molecule has 1 aliphatic heterocycles. The Balaban J connectivity index is 2.28. The number of morpholine rings is 1. The molecule has 1 heterocycles. The van der Waals surface area contributed by atoms with E-state index in [9.17, 15) is 4.79 Å². The van der Waals surface area contributed by atoms with Gasteiger partial charge in [-0.2, -0.15) is 0 Å². The van der Waals surface area contributed by atoms with Crippen LogP contribution < -0.4 is 0 Å². The first-order chi connectivity index (χ1) is 10.4. The third-order valence-electron chi connectivity index (χ3n) is 4.14. The van der Waals surface area contributed by atoms with Gasteiger partial charge in [-0.3, -0.25) is 9.69 Å². The summed E-state index contributed by atoms with van der Waals surface area (Å²) in [7, 11) is 0. The minimum atomic E-state index is -0.543. The van der Waals surface area contributed by atoms with Crippen molar-refractivity contribution in [1.29, 1.82) is 0 Å². The van der Waals surface area contributed by atoms with Gasteiger partial charge in [0, 0.05) is 23.5 Å². The highest BCUT2D eigenvalue weighted by atomic mass is 35.5. The van der Waals surface area contributed by atoms with Crippen molar-refractivity contribution < 1.29 is 9.53 Å². The lowest BCUT2D eigenvalue weighted by Crippen LogP contribution is -2.54. The molecule has 0 spiro atoms. The fourth-order valence-electron chi connectivity index (χ4n) is 2.81. The van der Waals surface area contributed by atoms with Gasteiger partial charge < -0.3 is 4.74 Å². The van der Waals surface area contributed by atoms with Crippen LogP contribution in [-0.4, -0.2) is 48.3 Å². The van der Waals surface area contributed by atoms with E-state index in [-0.39, 0.29) is 5.78 Å². The number of halogens is 1. The molecule has 1 fully saturated rings. The molecular weight excluding hydrogens is 318 g/mol. The van der Waals surface area contributed by atoms with Crippen LogP contribution >= 0.6 is 23.4 Å². The fraction of sp³-hybridized carbons (Fsp3) is 0.588. The molecule has 0 aliphatic carbocycles. The molecule has 0 aromatic heterocycles. The summed E-state index contributed by atoms with van der Waals surface area (Å²) in [6.07, 6.45) is 0. The van der Waals surface area contributed by atoms with E-state index < -0.39 is 5.54 Å². The number of Topliss-reactive ketones (excluding diaryl/α,β-unsaturated/α-hetero) is 1. The molecule has 5 heteroatoms. The smallest absolute Gasteiger partial charge is 0.182 e. The van der Waals surface area contributed by atoms with Gasteiger partial charge in [-0.1, -0.05) is 18.5 Å². The van der Waals surface area contributed by atoms with Gasteiger partial charge in [0.2, 0.25) is 0 Å². The molecule has 0 radical (unpaired) electrons. The van der Waals surface area contributed by atoms with Gasteiger partial charge >= 0.3 is 0 Å². The van der Waals surface area contributed by atoms with Crippen molar-refractivity contribution in [3.63, 3.8) is 0 Å². The number of carbonyl (C=O) groups is 1. The molecule has 0 bridgehead atoms. The lowest BCUT2D eigenvalue weighted by Gasteiger charge is -2.39. The zero-order valence-corrected chi connectivity index (χ0v) is 15.3. The van der Waals surface area contributed by atoms with Crippen LogP contribution in [0.15, 0.2) is 17.0 Å². The van der Waals surface area contributed by atoms with Crippen LogP contribution in [0.4, 0.5) is 0 Å². The normalized spacial score (nSPS) is 16.8. The Bertz CT molecular complexity index is 531. The SMILES string of the molecule is CCSc1c(C)cc(C(=O)C(C)(C)N2CCOCC2)cc1Cl. The van der Waals surface area contributed by atoms with Gasteiger partial charge in [0.1, 0.15) is 0 Å². The molecule has 1 aliphatic rings. The minimum Gasteiger partial charge on any atom is -0.379 e. The molecule has 22 heavy (non-hydrogen) atoms. The van der Waals surface area contributed by atoms with E-state index in [0.717, 1.165) is 29.3 Å². The van der Waals surface area contributed by atoms with Gasteiger partial charge in [0.25, 0.3) is 0 Å². The molecule has 3 nitrogen and oxygen atoms in total. The molecule has 122 valence electrons. The predicted molar refractivity (Wildman–Crippen MR) is 93.4 cm³/mol. The van der Waals surface area contributed by atoms with Gasteiger partial charge in [0.05, 0.1) is 23.8 Å². The molecule has 0 unspecified atom stereocenters. The van der Waals surface area contributed by atoms with Crippen molar-refractivity contribution in [3.8, 4) is 0 Å². The summed E-state index contributed by atoms with van der Waals surface area (Å²) in [4.78, 5) is 16.3. The molecule has 0 N–H and O–H groups in total. The first-order valence-electron chi connectivity index (χ1n) is 7.68. The number of thioether (sulfide) groups is 1. The summed E-state index contributed by atoms with van der Waals surface area (Å²) in [5.74, 6) is 1.08. The second kappa shape index (κ2) is 7.35. The Labute approximate surface area is 142 Å². The van der Waals surface area contributed by atoms with Crippen LogP contribution in [0.25, 0.3) is 0 Å². The minimum absolute atomic E-state index is 0.118. The second-order valence-electron chi connectivity index (χ2n) is 6.02.